The van der Waals surface area contributed by atoms with Gasteiger partial charge in [0.1, 0.15) is 0 Å². The summed E-state index contributed by atoms with van der Waals surface area (Å²) in [6.07, 6.45) is 0. The number of benzene rings is 3. The van der Waals surface area contributed by atoms with Crippen LogP contribution in [0, 0.1) is 0 Å². The molecule has 5 aromatic rings. The van der Waals surface area contributed by atoms with Gasteiger partial charge < -0.3 is 9.16 Å². The predicted octanol–water partition coefficient (Wildman–Crippen LogP) is 9.19. The van der Waals surface area contributed by atoms with Crippen LogP contribution in [0.1, 0.15) is 6.92 Å². The molecule has 0 N–H and O–H groups in total. The Labute approximate surface area is 218 Å². The number of rotatable bonds is 4. The fourth-order valence-corrected chi connectivity index (χ4v) is 3.80. The summed E-state index contributed by atoms with van der Waals surface area (Å²) in [7, 11) is 9.26. The number of ether oxygens (including phenoxy) is 1. The summed E-state index contributed by atoms with van der Waals surface area (Å²) in [6, 6.07) is 31.6. The number of hydrogen-bond acceptors (Lipinski definition) is 2. The molecule has 0 aromatic heterocycles. The monoisotopic (exact) mass is 586 g/mol. The van der Waals surface area contributed by atoms with Gasteiger partial charge in [-0.05, 0) is 19.6 Å². The van der Waals surface area contributed by atoms with Gasteiger partial charge in [-0.15, -0.1) is 80.8 Å². The Morgan fingerprint density at radius 3 is 1.79 bits per heavy atom. The van der Waals surface area contributed by atoms with E-state index in [-0.39, 0.29) is 0 Å². The van der Waals surface area contributed by atoms with Gasteiger partial charge in [-0.1, -0.05) is 42.5 Å². The summed E-state index contributed by atoms with van der Waals surface area (Å²) in [5, 5.41) is 7.82. The Kier molecular flexibility index (Phi) is 10.3. The van der Waals surface area contributed by atoms with Crippen molar-refractivity contribution in [2.24, 2.45) is 0 Å². The fraction of sp³-hybridized carbons (Fsp3) is 0.179. The molecular formula is C28H30Cl2O2SiZr-2. The molecule has 0 amide bonds. The topological polar surface area (TPSA) is 18.5 Å². The summed E-state index contributed by atoms with van der Waals surface area (Å²) < 4.78 is 13.1. The molecular weight excluding hydrogens is 559 g/mol. The van der Waals surface area contributed by atoms with Crippen molar-refractivity contribution in [2.75, 3.05) is 6.79 Å². The van der Waals surface area contributed by atoms with E-state index >= 15 is 0 Å². The summed E-state index contributed by atoms with van der Waals surface area (Å²) in [6.45, 7) is 8.70. The molecule has 6 heteroatoms. The van der Waals surface area contributed by atoms with Crippen LogP contribution < -0.4 is 4.74 Å². The summed E-state index contributed by atoms with van der Waals surface area (Å²) >= 11 is -1.76. The quantitative estimate of drug-likeness (QED) is 0.118. The number of fused-ring (bicyclic) bond motifs is 4. The molecule has 0 aliphatic carbocycles. The van der Waals surface area contributed by atoms with Crippen LogP contribution in [0.3, 0.4) is 0 Å². The Balaban J connectivity index is 0.000000162. The Morgan fingerprint density at radius 2 is 1.29 bits per heavy atom. The van der Waals surface area contributed by atoms with Gasteiger partial charge in [0.2, 0.25) is 0 Å². The third-order valence-corrected chi connectivity index (χ3v) is 9.69. The SMILES string of the molecule is C[CH]=[Zr]([Cl])[Cl].C[Si](C)(C)OCOc1cc2ccccc2[cH-]1.c1ccc2c(c1)[cH-]c1ccccc12. The normalized spacial score (nSPS) is 10.9. The van der Waals surface area contributed by atoms with Gasteiger partial charge in [-0.3, -0.25) is 0 Å². The smallest absolute Gasteiger partial charge is 0.188 e. The second kappa shape index (κ2) is 13.0. The van der Waals surface area contributed by atoms with Crippen LogP contribution in [0.2, 0.25) is 19.6 Å². The van der Waals surface area contributed by atoms with Crippen LogP contribution in [0.5, 0.6) is 5.75 Å². The third-order valence-electron chi connectivity index (χ3n) is 5.05. The van der Waals surface area contributed by atoms with Crippen molar-refractivity contribution in [3.63, 3.8) is 0 Å². The molecule has 0 aliphatic heterocycles. The van der Waals surface area contributed by atoms with E-state index in [2.05, 4.69) is 86.4 Å². The summed E-state index contributed by atoms with van der Waals surface area (Å²) in [4.78, 5) is 0. The van der Waals surface area contributed by atoms with E-state index in [1.165, 1.54) is 32.3 Å². The van der Waals surface area contributed by atoms with E-state index in [1.807, 2.05) is 34.9 Å². The van der Waals surface area contributed by atoms with Crippen molar-refractivity contribution in [3.8, 4) is 5.75 Å². The van der Waals surface area contributed by atoms with E-state index in [0.29, 0.717) is 6.79 Å². The summed E-state index contributed by atoms with van der Waals surface area (Å²) in [5.41, 5.74) is 0. The molecule has 0 spiro atoms. The second-order valence-electron chi connectivity index (χ2n) is 8.74. The minimum Gasteiger partial charge on any atom is -0.489 e. The van der Waals surface area contributed by atoms with Crippen LogP contribution in [0.25, 0.3) is 32.3 Å². The first-order valence-corrected chi connectivity index (χ1v) is 22.4. The maximum atomic E-state index is 5.65. The van der Waals surface area contributed by atoms with Gasteiger partial charge in [0.25, 0.3) is 0 Å². The molecule has 0 atom stereocenters. The number of hydrogen-bond donors (Lipinski definition) is 0. The van der Waals surface area contributed by atoms with E-state index in [9.17, 15) is 0 Å². The molecule has 0 radical (unpaired) electrons. The molecule has 0 fully saturated rings. The molecule has 0 aliphatic rings. The molecule has 178 valence electrons. The van der Waals surface area contributed by atoms with Gasteiger partial charge in [-0.25, -0.2) is 0 Å². The first-order chi connectivity index (χ1) is 16.3. The zero-order valence-corrected chi connectivity index (χ0v) is 25.0. The van der Waals surface area contributed by atoms with Gasteiger partial charge >= 0.3 is 46.5 Å². The summed E-state index contributed by atoms with van der Waals surface area (Å²) in [5.74, 6) is 0.888. The Hall–Kier alpha value is -1.55. The molecule has 0 bridgehead atoms. The first kappa shape index (κ1) is 27.0. The molecule has 0 heterocycles. The van der Waals surface area contributed by atoms with Crippen LogP contribution in [0.15, 0.2) is 91.0 Å². The van der Waals surface area contributed by atoms with Crippen LogP contribution in [-0.2, 0) is 23.3 Å². The second-order valence-corrected chi connectivity index (χ2v) is 22.1. The average molecular weight is 589 g/mol. The van der Waals surface area contributed by atoms with Crippen molar-refractivity contribution in [1.29, 1.82) is 0 Å². The first-order valence-electron chi connectivity index (χ1n) is 11.2. The van der Waals surface area contributed by atoms with E-state index in [4.69, 9.17) is 26.2 Å². The molecule has 0 saturated heterocycles. The zero-order valence-electron chi connectivity index (χ0n) is 20.0. The molecule has 2 nitrogen and oxygen atoms in total. The molecule has 0 saturated carbocycles. The largest absolute Gasteiger partial charge is 0.489 e. The van der Waals surface area contributed by atoms with Crippen LogP contribution in [0.4, 0.5) is 0 Å². The van der Waals surface area contributed by atoms with Gasteiger partial charge in [0.15, 0.2) is 15.1 Å². The van der Waals surface area contributed by atoms with Crippen molar-refractivity contribution >= 4 is 61.4 Å². The minimum atomic E-state index is -1.76. The fourth-order valence-electron chi connectivity index (χ4n) is 3.38. The van der Waals surface area contributed by atoms with E-state index < -0.39 is 27.2 Å². The van der Waals surface area contributed by atoms with Crippen molar-refractivity contribution in [2.45, 2.75) is 26.6 Å². The van der Waals surface area contributed by atoms with Crippen molar-refractivity contribution in [3.05, 3.63) is 91.0 Å². The van der Waals surface area contributed by atoms with E-state index in [1.54, 1.807) is 0 Å². The minimum absolute atomic E-state index is 0.353. The van der Waals surface area contributed by atoms with Crippen LogP contribution >= 0.6 is 17.0 Å². The Morgan fingerprint density at radius 1 is 0.794 bits per heavy atom. The predicted molar refractivity (Wildman–Crippen MR) is 150 cm³/mol. The zero-order chi connectivity index (χ0) is 24.6. The molecule has 34 heavy (non-hydrogen) atoms. The van der Waals surface area contributed by atoms with E-state index in [0.717, 1.165) is 5.75 Å². The molecule has 5 rings (SSSR count). The molecule has 5 aromatic carbocycles. The van der Waals surface area contributed by atoms with Crippen molar-refractivity contribution in [1.82, 2.24) is 0 Å². The van der Waals surface area contributed by atoms with Crippen molar-refractivity contribution < 1.29 is 28.0 Å². The molecule has 0 unspecified atom stereocenters. The van der Waals surface area contributed by atoms with Gasteiger partial charge in [0.05, 0.1) is 0 Å². The Bertz CT molecular complexity index is 1280. The number of halogens is 2. The average Bonchev–Trinajstić information content (AvgIpc) is 3.40. The van der Waals surface area contributed by atoms with Gasteiger partial charge in [-0.2, -0.15) is 0 Å². The standard InChI is InChI=1S/C13H17O2Si.C13H9.C2H4.2ClH.Zr/c1-16(2,3)15-10-14-13-8-11-6-4-5-7-12(11)9-13;1-3-7-12-10(5-1)9-11-6-2-4-8-13(11)12;1-2;;;/h4-9H,10H2,1-3H3;1-9H;1H,2H3;2*1H;/q2*-1;;;;+2/p-2. The maximum Gasteiger partial charge on any atom is 0.188 e. The van der Waals surface area contributed by atoms with Gasteiger partial charge in [0, 0.05) is 5.75 Å². The maximum absolute atomic E-state index is 5.65. The van der Waals surface area contributed by atoms with Crippen LogP contribution in [-0.4, -0.2) is 18.8 Å². The third kappa shape index (κ3) is 8.29.